The summed E-state index contributed by atoms with van der Waals surface area (Å²) >= 11 is 6.28. The van der Waals surface area contributed by atoms with Gasteiger partial charge in [-0.05, 0) is 44.0 Å². The third-order valence-corrected chi connectivity index (χ3v) is 6.64. The van der Waals surface area contributed by atoms with Crippen molar-refractivity contribution >= 4 is 34.6 Å². The summed E-state index contributed by atoms with van der Waals surface area (Å²) in [7, 11) is 0. The summed E-state index contributed by atoms with van der Waals surface area (Å²) in [5.41, 5.74) is 3.59. The number of anilines is 1. The second-order valence-electron chi connectivity index (χ2n) is 8.59. The lowest BCUT2D eigenvalue weighted by molar-refractivity contribution is 0.0670. The molecule has 33 heavy (non-hydrogen) atoms. The van der Waals surface area contributed by atoms with Gasteiger partial charge in [-0.15, -0.1) is 0 Å². The largest absolute Gasteiger partial charge is 0.422 e. The normalized spacial score (nSPS) is 19.2. The Morgan fingerprint density at radius 1 is 1.12 bits per heavy atom. The van der Waals surface area contributed by atoms with E-state index in [4.69, 9.17) is 16.0 Å². The van der Waals surface area contributed by atoms with Crippen molar-refractivity contribution in [3.05, 3.63) is 64.9 Å². The predicted octanol–water partition coefficient (Wildman–Crippen LogP) is 4.36. The molecule has 9 heteroatoms. The summed E-state index contributed by atoms with van der Waals surface area (Å²) in [6, 6.07) is 11.9. The van der Waals surface area contributed by atoms with E-state index in [1.54, 1.807) is 18.5 Å². The summed E-state index contributed by atoms with van der Waals surface area (Å²) in [6.07, 6.45) is 3.21. The Morgan fingerprint density at radius 3 is 2.67 bits per heavy atom. The number of benzene rings is 2. The van der Waals surface area contributed by atoms with Gasteiger partial charge in [0.1, 0.15) is 5.52 Å². The number of amides is 1. The molecule has 3 heterocycles. The molecule has 0 radical (unpaired) electrons. The molecular formula is C24H25ClN6O2. The Morgan fingerprint density at radius 2 is 1.91 bits per heavy atom. The maximum atomic E-state index is 13.8. The number of para-hydroxylation sites is 1. The van der Waals surface area contributed by atoms with E-state index in [9.17, 15) is 4.79 Å². The minimum Gasteiger partial charge on any atom is -0.422 e. The van der Waals surface area contributed by atoms with E-state index in [2.05, 4.69) is 33.9 Å². The predicted molar refractivity (Wildman–Crippen MR) is 127 cm³/mol. The van der Waals surface area contributed by atoms with Crippen LogP contribution >= 0.6 is 11.6 Å². The molecule has 170 valence electrons. The van der Waals surface area contributed by atoms with Crippen LogP contribution in [0.15, 0.2) is 53.2 Å². The number of aryl methyl sites for hydroxylation is 1. The van der Waals surface area contributed by atoms with Crippen LogP contribution in [0, 0.1) is 12.8 Å². The first-order valence-electron chi connectivity index (χ1n) is 11.0. The van der Waals surface area contributed by atoms with Gasteiger partial charge in [0.15, 0.2) is 5.58 Å². The first kappa shape index (κ1) is 21.5. The second-order valence-corrected chi connectivity index (χ2v) is 8.99. The van der Waals surface area contributed by atoms with Crippen LogP contribution < -0.4 is 4.90 Å². The van der Waals surface area contributed by atoms with Crippen molar-refractivity contribution in [2.24, 2.45) is 5.92 Å². The first-order chi connectivity index (χ1) is 15.9. The van der Waals surface area contributed by atoms with Crippen LogP contribution in [0.2, 0.25) is 5.02 Å². The second kappa shape index (κ2) is 8.51. The van der Waals surface area contributed by atoms with Crippen molar-refractivity contribution in [1.29, 1.82) is 0 Å². The van der Waals surface area contributed by atoms with Crippen LogP contribution in [0.25, 0.3) is 16.8 Å². The molecule has 8 nitrogen and oxygen atoms in total. The van der Waals surface area contributed by atoms with Gasteiger partial charge in [-0.3, -0.25) is 4.79 Å². The average Bonchev–Trinajstić information content (AvgIpc) is 3.46. The zero-order chi connectivity index (χ0) is 23.1. The molecule has 5 rings (SSSR count). The number of oxazole rings is 1. The van der Waals surface area contributed by atoms with E-state index < -0.39 is 0 Å². The fourth-order valence-corrected chi connectivity index (χ4v) is 4.53. The minimum atomic E-state index is -0.0344. The summed E-state index contributed by atoms with van der Waals surface area (Å²) in [4.78, 5) is 23.9. The molecule has 2 aromatic carbocycles. The molecule has 1 amide bonds. The van der Waals surface area contributed by atoms with Crippen LogP contribution in [-0.2, 0) is 0 Å². The standard InChI is InChI=1S/C24H25ClN6O2/c1-15-7-8-21(31-26-9-10-27-31)18(13-15)23(32)30-12-11-29(14-16(2)17(30)3)24-28-20-6-4-5-19(25)22(20)33-24/h4-10,13,16-17H,11-12,14H2,1-3H3. The van der Waals surface area contributed by atoms with E-state index >= 15 is 0 Å². The Labute approximate surface area is 196 Å². The maximum Gasteiger partial charge on any atom is 0.298 e. The highest BCUT2D eigenvalue weighted by atomic mass is 35.5. The fraction of sp³-hybridized carbons (Fsp3) is 0.333. The van der Waals surface area contributed by atoms with Gasteiger partial charge in [0.05, 0.1) is 28.7 Å². The van der Waals surface area contributed by atoms with Crippen molar-refractivity contribution < 1.29 is 9.21 Å². The van der Waals surface area contributed by atoms with Crippen LogP contribution in [0.3, 0.4) is 0 Å². The van der Waals surface area contributed by atoms with Gasteiger partial charge in [0, 0.05) is 25.7 Å². The van der Waals surface area contributed by atoms with Crippen LogP contribution in [0.5, 0.6) is 0 Å². The van der Waals surface area contributed by atoms with E-state index in [0.29, 0.717) is 41.0 Å². The van der Waals surface area contributed by atoms with Crippen molar-refractivity contribution in [2.45, 2.75) is 26.8 Å². The number of carbonyl (C=O) groups excluding carboxylic acids is 1. The molecule has 2 unspecified atom stereocenters. The van der Waals surface area contributed by atoms with Gasteiger partial charge < -0.3 is 14.2 Å². The molecule has 1 aliphatic rings. The Bertz CT molecular complexity index is 1300. The molecule has 2 aromatic heterocycles. The molecule has 4 aromatic rings. The maximum absolute atomic E-state index is 13.8. The van der Waals surface area contributed by atoms with Crippen LogP contribution in [-0.4, -0.2) is 56.5 Å². The third kappa shape index (κ3) is 3.95. The van der Waals surface area contributed by atoms with Gasteiger partial charge >= 0.3 is 0 Å². The lowest BCUT2D eigenvalue weighted by Gasteiger charge is -2.30. The number of aromatic nitrogens is 4. The zero-order valence-corrected chi connectivity index (χ0v) is 19.5. The van der Waals surface area contributed by atoms with Gasteiger partial charge in [-0.25, -0.2) is 0 Å². The molecule has 1 aliphatic heterocycles. The van der Waals surface area contributed by atoms with E-state index in [1.165, 1.54) is 4.80 Å². The summed E-state index contributed by atoms with van der Waals surface area (Å²) in [6.45, 7) is 8.08. The van der Waals surface area contributed by atoms with E-state index in [1.807, 2.05) is 42.2 Å². The molecule has 0 saturated carbocycles. The van der Waals surface area contributed by atoms with Crippen LogP contribution in [0.4, 0.5) is 6.01 Å². The summed E-state index contributed by atoms with van der Waals surface area (Å²) in [5, 5.41) is 9.00. The molecule has 2 atom stereocenters. The first-order valence-corrected chi connectivity index (χ1v) is 11.4. The number of carbonyl (C=O) groups is 1. The van der Waals surface area contributed by atoms with Crippen molar-refractivity contribution in [2.75, 3.05) is 24.5 Å². The number of hydrogen-bond donors (Lipinski definition) is 0. The lowest BCUT2D eigenvalue weighted by atomic mass is 10.0. The Balaban J connectivity index is 1.45. The SMILES string of the molecule is Cc1ccc(-n2nccn2)c(C(=O)N2CCN(c3nc4cccc(Cl)c4o3)CC(C)C2C)c1. The molecule has 1 fully saturated rings. The minimum absolute atomic E-state index is 0.0226. The smallest absolute Gasteiger partial charge is 0.298 e. The number of halogens is 1. The number of rotatable bonds is 3. The van der Waals surface area contributed by atoms with Gasteiger partial charge in [0.25, 0.3) is 11.9 Å². The Kier molecular flexibility index (Phi) is 5.54. The highest BCUT2D eigenvalue weighted by molar-refractivity contribution is 6.34. The summed E-state index contributed by atoms with van der Waals surface area (Å²) in [5.74, 6) is 0.158. The molecule has 0 aliphatic carbocycles. The number of fused-ring (bicyclic) bond motifs is 1. The van der Waals surface area contributed by atoms with Crippen molar-refractivity contribution in [1.82, 2.24) is 24.9 Å². The fourth-order valence-electron chi connectivity index (χ4n) is 4.32. The average molecular weight is 465 g/mol. The molecule has 0 bridgehead atoms. The van der Waals surface area contributed by atoms with E-state index in [-0.39, 0.29) is 17.9 Å². The zero-order valence-electron chi connectivity index (χ0n) is 18.8. The van der Waals surface area contributed by atoms with Gasteiger partial charge in [0.2, 0.25) is 0 Å². The molecule has 1 saturated heterocycles. The quantitative estimate of drug-likeness (QED) is 0.448. The summed E-state index contributed by atoms with van der Waals surface area (Å²) < 4.78 is 6.00. The van der Waals surface area contributed by atoms with Gasteiger partial charge in [-0.1, -0.05) is 36.2 Å². The van der Waals surface area contributed by atoms with Crippen molar-refractivity contribution in [3.8, 4) is 5.69 Å². The molecular weight excluding hydrogens is 440 g/mol. The third-order valence-electron chi connectivity index (χ3n) is 6.34. The lowest BCUT2D eigenvalue weighted by Crippen LogP contribution is -2.42. The topological polar surface area (TPSA) is 80.3 Å². The molecule has 0 spiro atoms. The highest BCUT2D eigenvalue weighted by Crippen LogP contribution is 2.30. The number of nitrogens with zero attached hydrogens (tertiary/aromatic N) is 6. The van der Waals surface area contributed by atoms with E-state index in [0.717, 1.165) is 17.6 Å². The van der Waals surface area contributed by atoms with Crippen LogP contribution in [0.1, 0.15) is 29.8 Å². The Hall–Kier alpha value is -3.39. The number of hydrogen-bond acceptors (Lipinski definition) is 6. The molecule has 0 N–H and O–H groups in total. The monoisotopic (exact) mass is 464 g/mol. The van der Waals surface area contributed by atoms with Crippen molar-refractivity contribution in [3.63, 3.8) is 0 Å². The highest BCUT2D eigenvalue weighted by Gasteiger charge is 2.33. The van der Waals surface area contributed by atoms with Gasteiger partial charge in [-0.2, -0.15) is 20.0 Å².